The van der Waals surface area contributed by atoms with Crippen LogP contribution in [0.15, 0.2) is 36.7 Å². The lowest BCUT2D eigenvalue weighted by atomic mass is 10.1. The van der Waals surface area contributed by atoms with Crippen molar-refractivity contribution in [2.45, 2.75) is 31.1 Å². The van der Waals surface area contributed by atoms with Gasteiger partial charge in [-0.1, -0.05) is 17.7 Å². The SMILES string of the molecule is O[C@@H]1[C@H](O)[C@@H]2C[C@@H]2[C@H]1n1cnc2c(NCCc3ccc(F)c(F)c3)nc(C#Cc3ccc(Cl)s3)nc21. The zero-order chi connectivity index (χ0) is 25.0. The standard InChI is InChI=1S/C25H20ClF2N5O2S/c26-18-5-2-13(36-18)3-6-19-31-24(29-8-7-12-1-4-16(27)17(28)9-12)20-25(32-19)33(11-30-20)21-14-10-15(14)22(34)23(21)35/h1-2,4-5,9,11,14-15,21-23,34-35H,7-8,10H2,(H,29,31,32)/t14-,15+,21+,22+,23-/m0/s1. The summed E-state index contributed by atoms with van der Waals surface area (Å²) in [5.41, 5.74) is 1.63. The number of nitrogens with zero attached hydrogens (tertiary/aromatic N) is 4. The van der Waals surface area contributed by atoms with Crippen LogP contribution < -0.4 is 5.32 Å². The van der Waals surface area contributed by atoms with E-state index in [1.807, 2.05) is 6.07 Å². The van der Waals surface area contributed by atoms with Gasteiger partial charge in [0.1, 0.15) is 6.10 Å². The smallest absolute Gasteiger partial charge is 0.209 e. The van der Waals surface area contributed by atoms with Crippen molar-refractivity contribution >= 4 is 39.9 Å². The molecule has 0 spiro atoms. The monoisotopic (exact) mass is 527 g/mol. The van der Waals surface area contributed by atoms with Crippen molar-refractivity contribution in [2.24, 2.45) is 11.8 Å². The summed E-state index contributed by atoms with van der Waals surface area (Å²) in [6, 6.07) is 7.05. The van der Waals surface area contributed by atoms with E-state index >= 15 is 0 Å². The second-order valence-corrected chi connectivity index (χ2v) is 10.7. The van der Waals surface area contributed by atoms with Crippen molar-refractivity contribution in [3.8, 4) is 11.8 Å². The molecule has 2 saturated carbocycles. The fraction of sp³-hybridized carbons (Fsp3) is 0.320. The van der Waals surface area contributed by atoms with Crippen LogP contribution in [0.4, 0.5) is 14.6 Å². The van der Waals surface area contributed by atoms with Crippen LogP contribution in [0.25, 0.3) is 11.2 Å². The Morgan fingerprint density at radius 2 is 1.94 bits per heavy atom. The van der Waals surface area contributed by atoms with Crippen LogP contribution in [0.1, 0.15) is 28.7 Å². The largest absolute Gasteiger partial charge is 0.390 e. The van der Waals surface area contributed by atoms with Crippen LogP contribution in [-0.4, -0.2) is 48.5 Å². The third kappa shape index (κ3) is 4.22. The number of fused-ring (bicyclic) bond motifs is 2. The van der Waals surface area contributed by atoms with E-state index in [9.17, 15) is 19.0 Å². The molecule has 1 aromatic carbocycles. The second kappa shape index (κ2) is 9.09. The summed E-state index contributed by atoms with van der Waals surface area (Å²) in [6.45, 7) is 0.382. The van der Waals surface area contributed by atoms with Gasteiger partial charge >= 0.3 is 0 Å². The third-order valence-electron chi connectivity index (χ3n) is 6.77. The van der Waals surface area contributed by atoms with Gasteiger partial charge < -0.3 is 20.1 Å². The average Bonchev–Trinajstić information content (AvgIpc) is 3.22. The van der Waals surface area contributed by atoms with E-state index in [1.165, 1.54) is 23.5 Å². The van der Waals surface area contributed by atoms with Gasteiger partial charge in [-0.2, -0.15) is 0 Å². The van der Waals surface area contributed by atoms with Crippen molar-refractivity contribution < 1.29 is 19.0 Å². The minimum absolute atomic E-state index is 0.0841. The Hall–Kier alpha value is -3.10. The first-order valence-electron chi connectivity index (χ1n) is 11.4. The lowest BCUT2D eigenvalue weighted by molar-refractivity contribution is 0.00386. The van der Waals surface area contributed by atoms with Crippen LogP contribution in [0.3, 0.4) is 0 Å². The van der Waals surface area contributed by atoms with E-state index in [2.05, 4.69) is 32.1 Å². The van der Waals surface area contributed by atoms with Crippen LogP contribution >= 0.6 is 22.9 Å². The molecule has 3 N–H and O–H groups in total. The first-order chi connectivity index (χ1) is 17.4. The van der Waals surface area contributed by atoms with Gasteiger partial charge in [-0.3, -0.25) is 0 Å². The molecule has 36 heavy (non-hydrogen) atoms. The molecule has 0 radical (unpaired) electrons. The molecule has 184 valence electrons. The van der Waals surface area contributed by atoms with Crippen molar-refractivity contribution in [3.63, 3.8) is 0 Å². The van der Waals surface area contributed by atoms with Gasteiger partial charge in [0, 0.05) is 6.54 Å². The maximum atomic E-state index is 13.6. The minimum atomic E-state index is -0.909. The molecule has 2 fully saturated rings. The lowest BCUT2D eigenvalue weighted by Gasteiger charge is -2.22. The Labute approximate surface area is 213 Å². The number of thiophene rings is 1. The molecule has 7 nitrogen and oxygen atoms in total. The maximum absolute atomic E-state index is 13.6. The number of hydrogen-bond donors (Lipinski definition) is 3. The number of imidazole rings is 1. The molecule has 3 aromatic heterocycles. The highest BCUT2D eigenvalue weighted by molar-refractivity contribution is 7.16. The van der Waals surface area contributed by atoms with E-state index in [0.717, 1.165) is 17.4 Å². The zero-order valence-electron chi connectivity index (χ0n) is 18.7. The topological polar surface area (TPSA) is 96.1 Å². The number of rotatable bonds is 5. The fourth-order valence-corrected chi connectivity index (χ4v) is 5.83. The molecule has 0 bridgehead atoms. The first kappa shape index (κ1) is 23.3. The molecule has 2 aliphatic carbocycles. The summed E-state index contributed by atoms with van der Waals surface area (Å²) in [4.78, 5) is 14.4. The molecule has 5 atom stereocenters. The maximum Gasteiger partial charge on any atom is 0.209 e. The molecule has 6 rings (SSSR count). The Morgan fingerprint density at radius 3 is 2.67 bits per heavy atom. The Bertz CT molecular complexity index is 1530. The first-order valence-corrected chi connectivity index (χ1v) is 12.6. The molecular weight excluding hydrogens is 508 g/mol. The molecule has 11 heteroatoms. The molecular formula is C25H20ClF2N5O2S. The van der Waals surface area contributed by atoms with Crippen molar-refractivity contribution in [1.29, 1.82) is 0 Å². The molecule has 3 heterocycles. The number of aliphatic hydroxyl groups is 2. The number of halogens is 3. The number of nitrogens with one attached hydrogen (secondary N) is 1. The van der Waals surface area contributed by atoms with Crippen molar-refractivity contribution in [3.05, 3.63) is 68.9 Å². The third-order valence-corrected chi connectivity index (χ3v) is 7.92. The van der Waals surface area contributed by atoms with Gasteiger partial charge in [-0.15, -0.1) is 11.3 Å². The van der Waals surface area contributed by atoms with Gasteiger partial charge in [0.2, 0.25) is 5.82 Å². The van der Waals surface area contributed by atoms with Crippen LogP contribution in [0.2, 0.25) is 4.34 Å². The fourth-order valence-electron chi connectivity index (χ4n) is 4.93. The highest BCUT2D eigenvalue weighted by Crippen LogP contribution is 2.57. The van der Waals surface area contributed by atoms with Gasteiger partial charge in [-0.05, 0) is 66.3 Å². The number of aromatic nitrogens is 4. The Balaban J connectivity index is 1.34. The zero-order valence-corrected chi connectivity index (χ0v) is 20.3. The van der Waals surface area contributed by atoms with Crippen molar-refractivity contribution in [2.75, 3.05) is 11.9 Å². The van der Waals surface area contributed by atoms with Gasteiger partial charge in [-0.25, -0.2) is 23.7 Å². The summed E-state index contributed by atoms with van der Waals surface area (Å²) in [6.07, 6.45) is 1.20. The minimum Gasteiger partial charge on any atom is -0.390 e. The van der Waals surface area contributed by atoms with E-state index < -0.39 is 23.8 Å². The highest BCUT2D eigenvalue weighted by Gasteiger charge is 2.60. The van der Waals surface area contributed by atoms with Gasteiger partial charge in [0.15, 0.2) is 28.6 Å². The van der Waals surface area contributed by atoms with E-state index in [1.54, 1.807) is 17.0 Å². The predicted molar refractivity (Wildman–Crippen MR) is 132 cm³/mol. The predicted octanol–water partition coefficient (Wildman–Crippen LogP) is 3.79. The summed E-state index contributed by atoms with van der Waals surface area (Å²) in [5, 5.41) is 24.2. The quantitative estimate of drug-likeness (QED) is 0.342. The number of benzene rings is 1. The van der Waals surface area contributed by atoms with E-state index in [-0.39, 0.29) is 23.7 Å². The summed E-state index contributed by atoms with van der Waals surface area (Å²) in [7, 11) is 0. The molecule has 0 aliphatic heterocycles. The number of anilines is 1. The summed E-state index contributed by atoms with van der Waals surface area (Å²) in [5.74, 6) is 5.15. The summed E-state index contributed by atoms with van der Waals surface area (Å²) < 4.78 is 29.2. The molecule has 4 aromatic rings. The van der Waals surface area contributed by atoms with E-state index in [4.69, 9.17) is 11.6 Å². The van der Waals surface area contributed by atoms with Crippen molar-refractivity contribution in [1.82, 2.24) is 19.5 Å². The van der Waals surface area contributed by atoms with Gasteiger partial charge in [0.05, 0.1) is 27.7 Å². The summed E-state index contributed by atoms with van der Waals surface area (Å²) >= 11 is 7.35. The molecule has 2 aliphatic rings. The molecule has 0 unspecified atom stereocenters. The Kier molecular flexibility index (Phi) is 5.88. The number of aliphatic hydroxyl groups excluding tert-OH is 2. The van der Waals surface area contributed by atoms with Crippen LogP contribution in [0.5, 0.6) is 0 Å². The average molecular weight is 528 g/mol. The Morgan fingerprint density at radius 1 is 1.08 bits per heavy atom. The van der Waals surface area contributed by atoms with E-state index in [0.29, 0.717) is 39.8 Å². The molecule has 0 saturated heterocycles. The van der Waals surface area contributed by atoms with Crippen LogP contribution in [-0.2, 0) is 6.42 Å². The molecule has 0 amide bonds. The van der Waals surface area contributed by atoms with Gasteiger partial charge in [0.25, 0.3) is 0 Å². The second-order valence-electron chi connectivity index (χ2n) is 9.03. The highest BCUT2D eigenvalue weighted by atomic mass is 35.5. The lowest BCUT2D eigenvalue weighted by Crippen LogP contribution is -2.31. The van der Waals surface area contributed by atoms with Crippen LogP contribution in [0, 0.1) is 35.3 Å². The number of hydrogen-bond acceptors (Lipinski definition) is 7. The normalized spacial score (nSPS) is 24.4.